The van der Waals surface area contributed by atoms with Gasteiger partial charge in [-0.15, -0.1) is 0 Å². The van der Waals surface area contributed by atoms with Gasteiger partial charge >= 0.3 is 0 Å². The molecule has 0 amide bonds. The van der Waals surface area contributed by atoms with Crippen LogP contribution in [0.3, 0.4) is 0 Å². The lowest BCUT2D eigenvalue weighted by molar-refractivity contribution is 0.592. The van der Waals surface area contributed by atoms with Crippen molar-refractivity contribution in [1.82, 2.24) is 0 Å². The van der Waals surface area contributed by atoms with Gasteiger partial charge in [-0.3, -0.25) is 0 Å². The molecular weight excluding hydrogens is 248 g/mol. The largest absolute Gasteiger partial charge is 0.399 e. The number of nitrogens with one attached hydrogen (secondary N) is 1. The molecule has 2 aromatic carbocycles. The van der Waals surface area contributed by atoms with Gasteiger partial charge in [0.05, 0.1) is 0 Å². The van der Waals surface area contributed by atoms with Crippen LogP contribution in [0.1, 0.15) is 0 Å². The number of halogens is 2. The Morgan fingerprint density at radius 2 is 1.68 bits per heavy atom. The number of hydrogen-bond donors (Lipinski definition) is 2. The van der Waals surface area contributed by atoms with E-state index in [0.717, 1.165) is 17.8 Å². The lowest BCUT2D eigenvalue weighted by Crippen LogP contribution is -2.08. The Morgan fingerprint density at radius 3 is 2.26 bits per heavy atom. The number of hydrogen-bond acceptors (Lipinski definition) is 3. The highest BCUT2D eigenvalue weighted by molar-refractivity contribution is 5.67. The van der Waals surface area contributed by atoms with E-state index >= 15 is 0 Å². The summed E-state index contributed by atoms with van der Waals surface area (Å²) in [6, 6.07) is 9.42. The van der Waals surface area contributed by atoms with Crippen LogP contribution in [0.25, 0.3) is 0 Å². The standard InChI is InChI=1S/C14H15F2N3/c1-19(2)11-5-3-4-10(8-11)18-14-12(15)6-9(17)7-13(14)16/h3-8,18H,17H2,1-2H3. The Labute approximate surface area is 110 Å². The maximum Gasteiger partial charge on any atom is 0.151 e. The van der Waals surface area contributed by atoms with Crippen LogP contribution < -0.4 is 16.0 Å². The molecule has 0 fully saturated rings. The average molecular weight is 263 g/mol. The zero-order valence-electron chi connectivity index (χ0n) is 10.7. The summed E-state index contributed by atoms with van der Waals surface area (Å²) < 4.78 is 27.3. The van der Waals surface area contributed by atoms with Crippen LogP contribution in [0, 0.1) is 11.6 Å². The van der Waals surface area contributed by atoms with E-state index in [4.69, 9.17) is 5.73 Å². The number of anilines is 4. The minimum Gasteiger partial charge on any atom is -0.399 e. The molecule has 0 aliphatic carbocycles. The van der Waals surface area contributed by atoms with Crippen LogP contribution >= 0.6 is 0 Å². The predicted molar refractivity (Wildman–Crippen MR) is 74.8 cm³/mol. The predicted octanol–water partition coefficient (Wildman–Crippen LogP) is 3.36. The monoisotopic (exact) mass is 263 g/mol. The summed E-state index contributed by atoms with van der Waals surface area (Å²) in [6.07, 6.45) is 0. The summed E-state index contributed by atoms with van der Waals surface area (Å²) in [7, 11) is 3.78. The van der Waals surface area contributed by atoms with Gasteiger partial charge in [-0.25, -0.2) is 8.78 Å². The van der Waals surface area contributed by atoms with Crippen molar-refractivity contribution in [2.75, 3.05) is 30.0 Å². The highest BCUT2D eigenvalue weighted by Gasteiger charge is 2.10. The molecule has 0 aliphatic heterocycles. The van der Waals surface area contributed by atoms with Crippen LogP contribution in [0.2, 0.25) is 0 Å². The van der Waals surface area contributed by atoms with E-state index < -0.39 is 11.6 Å². The summed E-state index contributed by atoms with van der Waals surface area (Å²) in [6.45, 7) is 0. The van der Waals surface area contributed by atoms with E-state index in [9.17, 15) is 8.78 Å². The maximum atomic E-state index is 13.7. The Hall–Kier alpha value is -2.30. The Bertz CT molecular complexity index is 574. The molecule has 0 aromatic heterocycles. The van der Waals surface area contributed by atoms with Gasteiger partial charge in [0.15, 0.2) is 11.6 Å². The molecule has 2 aromatic rings. The van der Waals surface area contributed by atoms with Crippen molar-refractivity contribution in [2.24, 2.45) is 0 Å². The second-order valence-electron chi connectivity index (χ2n) is 4.43. The topological polar surface area (TPSA) is 41.3 Å². The first-order valence-electron chi connectivity index (χ1n) is 5.76. The first-order chi connectivity index (χ1) is 8.97. The van der Waals surface area contributed by atoms with Crippen molar-refractivity contribution in [1.29, 1.82) is 0 Å². The van der Waals surface area contributed by atoms with Crippen LogP contribution in [-0.4, -0.2) is 14.1 Å². The molecule has 0 aliphatic rings. The molecule has 0 heterocycles. The summed E-state index contributed by atoms with van der Waals surface area (Å²) in [5.41, 5.74) is 6.76. The number of benzene rings is 2. The third kappa shape index (κ3) is 2.93. The van der Waals surface area contributed by atoms with Gasteiger partial charge in [0, 0.05) is 31.2 Å². The quantitative estimate of drug-likeness (QED) is 0.834. The van der Waals surface area contributed by atoms with Gasteiger partial charge in [-0.1, -0.05) is 6.07 Å². The van der Waals surface area contributed by atoms with Crippen molar-refractivity contribution in [2.45, 2.75) is 0 Å². The van der Waals surface area contributed by atoms with Crippen LogP contribution in [0.5, 0.6) is 0 Å². The van der Waals surface area contributed by atoms with Crippen LogP contribution in [0.4, 0.5) is 31.5 Å². The molecule has 0 radical (unpaired) electrons. The molecule has 0 saturated carbocycles. The second-order valence-corrected chi connectivity index (χ2v) is 4.43. The van der Waals surface area contributed by atoms with Crippen molar-refractivity contribution < 1.29 is 8.78 Å². The van der Waals surface area contributed by atoms with Gasteiger partial charge in [0.25, 0.3) is 0 Å². The van der Waals surface area contributed by atoms with Crippen molar-refractivity contribution in [3.8, 4) is 0 Å². The van der Waals surface area contributed by atoms with Crippen molar-refractivity contribution in [3.05, 3.63) is 48.0 Å². The second kappa shape index (κ2) is 5.14. The first-order valence-corrected chi connectivity index (χ1v) is 5.76. The van der Waals surface area contributed by atoms with Gasteiger partial charge in [-0.2, -0.15) is 0 Å². The molecular formula is C14H15F2N3. The van der Waals surface area contributed by atoms with E-state index in [-0.39, 0.29) is 11.4 Å². The van der Waals surface area contributed by atoms with E-state index in [2.05, 4.69) is 5.32 Å². The highest BCUT2D eigenvalue weighted by Crippen LogP contribution is 2.27. The average Bonchev–Trinajstić information content (AvgIpc) is 2.34. The minimum atomic E-state index is -0.715. The third-order valence-electron chi connectivity index (χ3n) is 2.70. The normalized spacial score (nSPS) is 10.3. The third-order valence-corrected chi connectivity index (χ3v) is 2.70. The first kappa shape index (κ1) is 13.1. The fourth-order valence-electron chi connectivity index (χ4n) is 1.72. The Kier molecular flexibility index (Phi) is 3.55. The summed E-state index contributed by atoms with van der Waals surface area (Å²) in [4.78, 5) is 1.90. The molecule has 0 unspecified atom stereocenters. The van der Waals surface area contributed by atoms with Crippen molar-refractivity contribution >= 4 is 22.7 Å². The van der Waals surface area contributed by atoms with Gasteiger partial charge < -0.3 is 16.0 Å². The maximum absolute atomic E-state index is 13.7. The molecule has 100 valence electrons. The SMILES string of the molecule is CN(C)c1cccc(Nc2c(F)cc(N)cc2F)c1. The summed E-state index contributed by atoms with van der Waals surface area (Å²) >= 11 is 0. The number of nitrogens with two attached hydrogens (primary N) is 1. The number of nitrogens with zero attached hydrogens (tertiary/aromatic N) is 1. The minimum absolute atomic E-state index is 0.0580. The molecule has 5 heteroatoms. The molecule has 2 rings (SSSR count). The fourth-order valence-corrected chi connectivity index (χ4v) is 1.72. The lowest BCUT2D eigenvalue weighted by atomic mass is 10.2. The molecule has 0 atom stereocenters. The lowest BCUT2D eigenvalue weighted by Gasteiger charge is -2.15. The van der Waals surface area contributed by atoms with E-state index in [1.807, 2.05) is 31.1 Å². The van der Waals surface area contributed by atoms with Gasteiger partial charge in [0.2, 0.25) is 0 Å². The van der Waals surface area contributed by atoms with Crippen LogP contribution in [-0.2, 0) is 0 Å². The molecule has 0 bridgehead atoms. The van der Waals surface area contributed by atoms with E-state index in [1.54, 1.807) is 12.1 Å². The molecule has 3 nitrogen and oxygen atoms in total. The molecule has 0 saturated heterocycles. The molecule has 3 N–H and O–H groups in total. The Morgan fingerprint density at radius 1 is 1.05 bits per heavy atom. The number of rotatable bonds is 3. The number of nitrogen functional groups attached to an aromatic ring is 1. The van der Waals surface area contributed by atoms with E-state index in [0.29, 0.717) is 5.69 Å². The van der Waals surface area contributed by atoms with Crippen LogP contribution in [0.15, 0.2) is 36.4 Å². The fraction of sp³-hybridized carbons (Fsp3) is 0.143. The summed E-state index contributed by atoms with van der Waals surface area (Å²) in [5, 5.41) is 2.73. The van der Waals surface area contributed by atoms with Gasteiger partial charge in [0.1, 0.15) is 5.69 Å². The Balaban J connectivity index is 2.34. The zero-order chi connectivity index (χ0) is 14.0. The molecule has 19 heavy (non-hydrogen) atoms. The van der Waals surface area contributed by atoms with Crippen molar-refractivity contribution in [3.63, 3.8) is 0 Å². The molecule has 0 spiro atoms. The van der Waals surface area contributed by atoms with E-state index in [1.165, 1.54) is 0 Å². The smallest absolute Gasteiger partial charge is 0.151 e. The summed E-state index contributed by atoms with van der Waals surface area (Å²) in [5.74, 6) is -1.43. The van der Waals surface area contributed by atoms with Gasteiger partial charge in [-0.05, 0) is 30.3 Å². The highest BCUT2D eigenvalue weighted by atomic mass is 19.1. The zero-order valence-corrected chi connectivity index (χ0v) is 10.7.